The van der Waals surface area contributed by atoms with E-state index < -0.39 is 0 Å². The Balaban J connectivity index is 2.02. The maximum absolute atomic E-state index is 3.48. The molecule has 0 aliphatic heterocycles. The van der Waals surface area contributed by atoms with E-state index in [4.69, 9.17) is 0 Å². The Morgan fingerprint density at radius 3 is 2.25 bits per heavy atom. The van der Waals surface area contributed by atoms with Crippen LogP contribution in [0.15, 0.2) is 70.4 Å². The lowest BCUT2D eigenvalue weighted by atomic mass is 10.2. The fourth-order valence-electron chi connectivity index (χ4n) is 2.00. The van der Waals surface area contributed by atoms with Crippen LogP contribution in [-0.4, -0.2) is 6.26 Å². The first kappa shape index (κ1) is 13.2. The van der Waals surface area contributed by atoms with Gasteiger partial charge in [0.05, 0.1) is 11.1 Å². The Kier molecular flexibility index (Phi) is 4.04. The molecular weight excluding hydrogens is 284 g/mol. The second kappa shape index (κ2) is 6.11. The van der Waals surface area contributed by atoms with Gasteiger partial charge in [0.2, 0.25) is 0 Å². The quantitative estimate of drug-likeness (QED) is 0.571. The molecule has 0 bridgehead atoms. The average Bonchev–Trinajstić information content (AvgIpc) is 2.92. The van der Waals surface area contributed by atoms with Crippen molar-refractivity contribution in [2.45, 2.75) is 4.34 Å². The molecule has 0 fully saturated rings. The topological polar surface area (TPSA) is 15.9 Å². The average molecular weight is 299 g/mol. The van der Waals surface area contributed by atoms with E-state index in [9.17, 15) is 0 Å². The van der Waals surface area contributed by atoms with Crippen LogP contribution < -0.4 is 10.1 Å². The summed E-state index contributed by atoms with van der Waals surface area (Å²) in [5, 5.41) is 2.19. The summed E-state index contributed by atoms with van der Waals surface area (Å²) in [6, 6.07) is 20.7. The Bertz CT molecular complexity index is 678. The van der Waals surface area contributed by atoms with Gasteiger partial charge in [-0.3, -0.25) is 0 Å². The minimum absolute atomic E-state index is 1.09. The summed E-state index contributed by atoms with van der Waals surface area (Å²) < 4.78 is 3.38. The van der Waals surface area contributed by atoms with E-state index in [-0.39, 0.29) is 0 Å². The largest absolute Gasteiger partial charge is 0.326 e. The molecule has 0 saturated carbocycles. The number of hydrogen-bond donors (Lipinski definition) is 1. The van der Waals surface area contributed by atoms with E-state index in [1.807, 2.05) is 24.3 Å². The number of nitrogens with one attached hydrogen (secondary N) is 1. The van der Waals surface area contributed by atoms with Gasteiger partial charge in [-0.25, -0.2) is 0 Å². The van der Waals surface area contributed by atoms with Crippen molar-refractivity contribution in [2.24, 2.45) is 0 Å². The molecule has 0 atom stereocenters. The van der Waals surface area contributed by atoms with Gasteiger partial charge in [-0.1, -0.05) is 52.4 Å². The van der Waals surface area contributed by atoms with Crippen LogP contribution in [0.25, 0.3) is 11.3 Å². The number of hydrogen-bond acceptors (Lipinski definition) is 3. The van der Waals surface area contributed by atoms with Gasteiger partial charge in [-0.05, 0) is 42.3 Å². The normalized spacial score (nSPS) is 10.4. The smallest absolute Gasteiger partial charge is 0.158 e. The van der Waals surface area contributed by atoms with Gasteiger partial charge in [-0.2, -0.15) is 5.43 Å². The zero-order valence-electron chi connectivity index (χ0n) is 11.1. The maximum atomic E-state index is 3.48. The number of aromatic nitrogens is 1. The van der Waals surface area contributed by atoms with Crippen molar-refractivity contribution in [3.63, 3.8) is 0 Å². The number of thioether (sulfide) groups is 1. The lowest BCUT2D eigenvalue weighted by Crippen LogP contribution is -2.44. The molecule has 0 saturated heterocycles. The SMILES string of the molecule is CSc1scc(-c2ccccc2)[n+]1Nc1ccccc1. The van der Waals surface area contributed by atoms with Crippen LogP contribution in [0.3, 0.4) is 0 Å². The molecule has 1 heterocycles. The van der Waals surface area contributed by atoms with Crippen molar-refractivity contribution in [2.75, 3.05) is 11.7 Å². The molecule has 2 aromatic carbocycles. The highest BCUT2D eigenvalue weighted by atomic mass is 32.2. The molecule has 100 valence electrons. The van der Waals surface area contributed by atoms with Crippen LogP contribution in [0.2, 0.25) is 0 Å². The second-order valence-electron chi connectivity index (χ2n) is 4.27. The van der Waals surface area contributed by atoms with Gasteiger partial charge in [0.25, 0.3) is 5.69 Å². The van der Waals surface area contributed by atoms with Gasteiger partial charge >= 0.3 is 4.34 Å². The standard InChI is InChI=1S/C16H15N2S2/c1-19-16-18(17-14-10-6-3-7-11-14)15(12-20-16)13-8-4-2-5-9-13/h2-12,17H,1H3/q+1. The molecule has 0 aliphatic rings. The summed E-state index contributed by atoms with van der Waals surface area (Å²) >= 11 is 3.50. The van der Waals surface area contributed by atoms with Crippen molar-refractivity contribution in [1.29, 1.82) is 0 Å². The minimum atomic E-state index is 1.09. The molecule has 3 aromatic rings. The van der Waals surface area contributed by atoms with Gasteiger partial charge in [0.1, 0.15) is 0 Å². The molecule has 0 unspecified atom stereocenters. The first-order chi connectivity index (χ1) is 9.88. The van der Waals surface area contributed by atoms with Crippen LogP contribution in [0, 0.1) is 0 Å². The third kappa shape index (κ3) is 2.71. The Morgan fingerprint density at radius 2 is 1.60 bits per heavy atom. The van der Waals surface area contributed by atoms with E-state index >= 15 is 0 Å². The predicted octanol–water partition coefficient (Wildman–Crippen LogP) is 4.30. The molecule has 0 amide bonds. The van der Waals surface area contributed by atoms with Crippen molar-refractivity contribution < 1.29 is 4.68 Å². The van der Waals surface area contributed by atoms with E-state index in [2.05, 4.69) is 58.1 Å². The Labute approximate surface area is 127 Å². The van der Waals surface area contributed by atoms with Crippen molar-refractivity contribution in [1.82, 2.24) is 0 Å². The Hall–Kier alpha value is -1.78. The molecule has 0 aliphatic carbocycles. The summed E-state index contributed by atoms with van der Waals surface area (Å²) in [4.78, 5) is 0. The number of benzene rings is 2. The van der Waals surface area contributed by atoms with Crippen molar-refractivity contribution in [3.05, 3.63) is 66.0 Å². The van der Waals surface area contributed by atoms with Crippen LogP contribution in [-0.2, 0) is 0 Å². The highest BCUT2D eigenvalue weighted by molar-refractivity contribution is 8.00. The zero-order chi connectivity index (χ0) is 13.8. The first-order valence-electron chi connectivity index (χ1n) is 6.33. The zero-order valence-corrected chi connectivity index (χ0v) is 12.7. The number of nitrogens with zero attached hydrogens (tertiary/aromatic N) is 1. The van der Waals surface area contributed by atoms with Gasteiger partial charge in [0, 0.05) is 5.56 Å². The number of para-hydroxylation sites is 1. The fourth-order valence-corrected chi connectivity index (χ4v) is 3.56. The molecule has 1 N–H and O–H groups in total. The molecule has 1 aromatic heterocycles. The summed E-state index contributed by atoms with van der Waals surface area (Å²) in [5.41, 5.74) is 6.96. The monoisotopic (exact) mass is 299 g/mol. The maximum Gasteiger partial charge on any atom is 0.326 e. The third-order valence-electron chi connectivity index (χ3n) is 2.95. The highest BCUT2D eigenvalue weighted by Gasteiger charge is 2.22. The molecule has 2 nitrogen and oxygen atoms in total. The second-order valence-corrected chi connectivity index (χ2v) is 6.18. The summed E-state index contributed by atoms with van der Waals surface area (Å²) in [5.74, 6) is 0. The molecule has 20 heavy (non-hydrogen) atoms. The van der Waals surface area contributed by atoms with E-state index in [0.29, 0.717) is 0 Å². The van der Waals surface area contributed by atoms with Gasteiger partial charge in [-0.15, -0.1) is 0 Å². The number of rotatable bonds is 4. The van der Waals surface area contributed by atoms with Crippen LogP contribution in [0.4, 0.5) is 5.69 Å². The molecule has 4 heteroatoms. The van der Waals surface area contributed by atoms with Crippen LogP contribution in [0.1, 0.15) is 0 Å². The molecule has 0 spiro atoms. The molecule has 0 radical (unpaired) electrons. The predicted molar refractivity (Wildman–Crippen MR) is 87.2 cm³/mol. The van der Waals surface area contributed by atoms with E-state index in [0.717, 1.165) is 5.69 Å². The number of thiazole rings is 1. The minimum Gasteiger partial charge on any atom is -0.158 e. The van der Waals surface area contributed by atoms with Crippen molar-refractivity contribution in [3.8, 4) is 11.3 Å². The van der Waals surface area contributed by atoms with E-state index in [1.54, 1.807) is 23.1 Å². The highest BCUT2D eigenvalue weighted by Crippen LogP contribution is 2.25. The summed E-state index contributed by atoms with van der Waals surface area (Å²) in [7, 11) is 0. The summed E-state index contributed by atoms with van der Waals surface area (Å²) in [6.07, 6.45) is 2.10. The fraction of sp³-hybridized carbons (Fsp3) is 0.0625. The van der Waals surface area contributed by atoms with Gasteiger partial charge < -0.3 is 0 Å². The first-order valence-corrected chi connectivity index (χ1v) is 8.44. The lowest BCUT2D eigenvalue weighted by Gasteiger charge is -2.03. The van der Waals surface area contributed by atoms with Gasteiger partial charge in [0.15, 0.2) is 0 Å². The third-order valence-corrected chi connectivity index (χ3v) is 5.00. The van der Waals surface area contributed by atoms with Crippen LogP contribution >= 0.6 is 23.1 Å². The Morgan fingerprint density at radius 1 is 0.950 bits per heavy atom. The molecular formula is C16H15N2S2+. The van der Waals surface area contributed by atoms with Crippen molar-refractivity contribution >= 4 is 28.8 Å². The van der Waals surface area contributed by atoms with Crippen LogP contribution in [0.5, 0.6) is 0 Å². The number of anilines is 1. The molecule has 3 rings (SSSR count). The summed E-state index contributed by atoms with van der Waals surface area (Å²) in [6.45, 7) is 0. The van der Waals surface area contributed by atoms with E-state index in [1.165, 1.54) is 15.6 Å². The lowest BCUT2D eigenvalue weighted by molar-refractivity contribution is -0.663.